The Morgan fingerprint density at radius 3 is 2.38 bits per heavy atom. The van der Waals surface area contributed by atoms with E-state index in [4.69, 9.17) is 4.74 Å². The highest BCUT2D eigenvalue weighted by Gasteiger charge is 2.28. The zero-order chi connectivity index (χ0) is 23.8. The summed E-state index contributed by atoms with van der Waals surface area (Å²) in [4.78, 5) is 26.9. The Morgan fingerprint density at radius 1 is 1.22 bits per heavy atom. The summed E-state index contributed by atoms with van der Waals surface area (Å²) in [6.45, 7) is 8.92. The average molecular weight is 443 g/mol. The Bertz CT molecular complexity index is 1200. The Balaban J connectivity index is 2.31. The summed E-state index contributed by atoms with van der Waals surface area (Å²) in [6.07, 6.45) is 0.713. The summed E-state index contributed by atoms with van der Waals surface area (Å²) in [6, 6.07) is 7.62. The minimum absolute atomic E-state index is 0.120. The standard InChI is InChI=1S/C25H31FN2O4/c1-7-17-14-19-21(24(30)28(17)18-10-8-16(26)9-11-18)23(32-15(2)3)22(27(19)6)20(29)12-13-25(4,5)31/h8-11,14-15,31H,7,12-13H2,1-6H3. The third-order valence-corrected chi connectivity index (χ3v) is 5.43. The molecule has 0 bridgehead atoms. The Labute approximate surface area is 187 Å². The molecule has 3 aromatic rings. The van der Waals surface area contributed by atoms with Crippen molar-refractivity contribution in [1.82, 2.24) is 9.13 Å². The molecule has 0 unspecified atom stereocenters. The highest BCUT2D eigenvalue weighted by atomic mass is 19.1. The first-order valence-corrected chi connectivity index (χ1v) is 10.9. The van der Waals surface area contributed by atoms with Crippen molar-refractivity contribution in [3.8, 4) is 11.4 Å². The van der Waals surface area contributed by atoms with Crippen molar-refractivity contribution in [3.63, 3.8) is 0 Å². The van der Waals surface area contributed by atoms with Crippen LogP contribution in [-0.2, 0) is 13.5 Å². The van der Waals surface area contributed by atoms with Gasteiger partial charge in [0.15, 0.2) is 11.5 Å². The molecule has 7 heteroatoms. The highest BCUT2D eigenvalue weighted by molar-refractivity contribution is 6.05. The molecule has 1 aromatic carbocycles. The smallest absolute Gasteiger partial charge is 0.268 e. The maximum Gasteiger partial charge on any atom is 0.268 e. The maximum absolute atomic E-state index is 13.7. The average Bonchev–Trinajstić information content (AvgIpc) is 2.97. The van der Waals surface area contributed by atoms with Gasteiger partial charge < -0.3 is 14.4 Å². The number of fused-ring (bicyclic) bond motifs is 1. The van der Waals surface area contributed by atoms with Crippen LogP contribution in [0.1, 0.15) is 63.6 Å². The van der Waals surface area contributed by atoms with Gasteiger partial charge in [-0.05, 0) is 70.9 Å². The molecule has 0 fully saturated rings. The van der Waals surface area contributed by atoms with Crippen molar-refractivity contribution in [3.05, 3.63) is 57.9 Å². The third-order valence-electron chi connectivity index (χ3n) is 5.43. The molecule has 3 rings (SSSR count). The summed E-state index contributed by atoms with van der Waals surface area (Å²) < 4.78 is 22.7. The molecule has 0 amide bonds. The van der Waals surface area contributed by atoms with Gasteiger partial charge in [0.25, 0.3) is 5.56 Å². The van der Waals surface area contributed by atoms with Crippen LogP contribution in [0, 0.1) is 5.82 Å². The quantitative estimate of drug-likeness (QED) is 0.520. The van der Waals surface area contributed by atoms with E-state index in [0.29, 0.717) is 28.7 Å². The monoisotopic (exact) mass is 442 g/mol. The number of hydrogen-bond acceptors (Lipinski definition) is 4. The normalized spacial score (nSPS) is 12.0. The first kappa shape index (κ1) is 23.7. The zero-order valence-corrected chi connectivity index (χ0v) is 19.5. The molecule has 0 saturated heterocycles. The number of Topliss-reactive ketones (excluding diaryl/α,β-unsaturated/α-hetero) is 1. The topological polar surface area (TPSA) is 73.5 Å². The molecule has 0 aliphatic carbocycles. The summed E-state index contributed by atoms with van der Waals surface area (Å²) in [5.41, 5.74) is 0.898. The third kappa shape index (κ3) is 4.63. The number of benzene rings is 1. The Kier molecular flexibility index (Phi) is 6.60. The van der Waals surface area contributed by atoms with Crippen molar-refractivity contribution in [2.45, 2.75) is 65.6 Å². The lowest BCUT2D eigenvalue weighted by Crippen LogP contribution is -2.22. The number of carbonyl (C=O) groups is 1. The van der Waals surface area contributed by atoms with E-state index in [1.807, 2.05) is 26.8 Å². The molecule has 2 aromatic heterocycles. The number of pyridine rings is 1. The van der Waals surface area contributed by atoms with Crippen molar-refractivity contribution in [1.29, 1.82) is 0 Å². The van der Waals surface area contributed by atoms with Crippen molar-refractivity contribution < 1.29 is 19.0 Å². The number of halogens is 1. The summed E-state index contributed by atoms with van der Waals surface area (Å²) in [5, 5.41) is 10.4. The highest BCUT2D eigenvalue weighted by Crippen LogP contribution is 2.34. The predicted molar refractivity (Wildman–Crippen MR) is 123 cm³/mol. The second-order valence-corrected chi connectivity index (χ2v) is 9.01. The molecule has 32 heavy (non-hydrogen) atoms. The van der Waals surface area contributed by atoms with Gasteiger partial charge in [0.1, 0.15) is 16.9 Å². The van der Waals surface area contributed by atoms with Crippen LogP contribution in [0.25, 0.3) is 16.6 Å². The number of ether oxygens (including phenoxy) is 1. The summed E-state index contributed by atoms with van der Waals surface area (Å²) in [5.74, 6) is -0.335. The second-order valence-electron chi connectivity index (χ2n) is 9.01. The molecule has 2 heterocycles. The molecule has 0 spiro atoms. The van der Waals surface area contributed by atoms with Crippen molar-refractivity contribution in [2.24, 2.45) is 7.05 Å². The number of ketones is 1. The van der Waals surface area contributed by atoms with Crippen LogP contribution in [-0.4, -0.2) is 31.7 Å². The van der Waals surface area contributed by atoms with Crippen molar-refractivity contribution in [2.75, 3.05) is 0 Å². The van der Waals surface area contributed by atoms with Gasteiger partial charge in [0.05, 0.1) is 17.2 Å². The van der Waals surface area contributed by atoms with Gasteiger partial charge in [-0.15, -0.1) is 0 Å². The number of aliphatic hydroxyl groups is 1. The van der Waals surface area contributed by atoms with Crippen molar-refractivity contribution >= 4 is 16.7 Å². The molecule has 0 aliphatic rings. The van der Waals surface area contributed by atoms with E-state index in [1.54, 1.807) is 42.2 Å². The SMILES string of the molecule is CCc1cc2c(c(OC(C)C)c(C(=O)CCC(C)(C)O)n2C)c(=O)n1-c1ccc(F)cc1. The van der Waals surface area contributed by atoms with E-state index in [-0.39, 0.29) is 41.9 Å². The van der Waals surface area contributed by atoms with Crippen LogP contribution in [0.15, 0.2) is 35.1 Å². The molecular formula is C25H31FN2O4. The molecule has 0 radical (unpaired) electrons. The van der Waals surface area contributed by atoms with Crippen LogP contribution >= 0.6 is 0 Å². The Hall–Kier alpha value is -2.93. The largest absolute Gasteiger partial charge is 0.488 e. The van der Waals surface area contributed by atoms with E-state index in [0.717, 1.165) is 5.69 Å². The van der Waals surface area contributed by atoms with Gasteiger partial charge in [-0.1, -0.05) is 6.92 Å². The number of rotatable bonds is 8. The molecule has 0 saturated carbocycles. The first-order chi connectivity index (χ1) is 14.9. The van der Waals surface area contributed by atoms with E-state index in [2.05, 4.69) is 0 Å². The number of aromatic nitrogens is 2. The summed E-state index contributed by atoms with van der Waals surface area (Å²) >= 11 is 0. The van der Waals surface area contributed by atoms with Gasteiger partial charge in [0.2, 0.25) is 0 Å². The number of aryl methyl sites for hydroxylation is 2. The fraction of sp³-hybridized carbons (Fsp3) is 0.440. The number of nitrogens with zero attached hydrogens (tertiary/aromatic N) is 2. The minimum Gasteiger partial charge on any atom is -0.488 e. The lowest BCUT2D eigenvalue weighted by atomic mass is 10.00. The molecule has 0 atom stereocenters. The van der Waals surface area contributed by atoms with Crippen LogP contribution in [0.3, 0.4) is 0 Å². The fourth-order valence-electron chi connectivity index (χ4n) is 3.85. The first-order valence-electron chi connectivity index (χ1n) is 10.9. The molecule has 6 nitrogen and oxygen atoms in total. The molecule has 172 valence electrons. The van der Waals surface area contributed by atoms with Gasteiger partial charge in [0, 0.05) is 24.8 Å². The molecule has 0 aliphatic heterocycles. The van der Waals surface area contributed by atoms with Crippen LogP contribution in [0.4, 0.5) is 4.39 Å². The fourth-order valence-corrected chi connectivity index (χ4v) is 3.85. The van der Waals surface area contributed by atoms with E-state index < -0.39 is 5.60 Å². The van der Waals surface area contributed by atoms with Gasteiger partial charge >= 0.3 is 0 Å². The lowest BCUT2D eigenvalue weighted by molar-refractivity contribution is 0.0628. The van der Waals surface area contributed by atoms with Gasteiger partial charge in [-0.3, -0.25) is 14.2 Å². The summed E-state index contributed by atoms with van der Waals surface area (Å²) in [7, 11) is 1.74. The zero-order valence-electron chi connectivity index (χ0n) is 19.5. The Morgan fingerprint density at radius 2 is 1.84 bits per heavy atom. The number of hydrogen-bond donors (Lipinski definition) is 1. The maximum atomic E-state index is 13.7. The van der Waals surface area contributed by atoms with Crippen LogP contribution in [0.5, 0.6) is 5.75 Å². The second kappa shape index (κ2) is 8.90. The number of carbonyl (C=O) groups excluding carboxylic acids is 1. The van der Waals surface area contributed by atoms with E-state index >= 15 is 0 Å². The van der Waals surface area contributed by atoms with Gasteiger partial charge in [-0.2, -0.15) is 0 Å². The van der Waals surface area contributed by atoms with Crippen LogP contribution in [0.2, 0.25) is 0 Å². The molecular weight excluding hydrogens is 411 g/mol. The van der Waals surface area contributed by atoms with E-state index in [9.17, 15) is 19.1 Å². The predicted octanol–water partition coefficient (Wildman–Crippen LogP) is 4.55. The van der Waals surface area contributed by atoms with E-state index in [1.165, 1.54) is 12.1 Å². The van der Waals surface area contributed by atoms with Crippen LogP contribution < -0.4 is 10.3 Å². The lowest BCUT2D eigenvalue weighted by Gasteiger charge is -2.17. The minimum atomic E-state index is -0.982. The van der Waals surface area contributed by atoms with Gasteiger partial charge in [-0.25, -0.2) is 4.39 Å². The molecule has 1 N–H and O–H groups in total.